The molecule has 0 spiro atoms. The zero-order valence-electron chi connectivity index (χ0n) is 16.1. The smallest absolute Gasteiger partial charge is 0.246 e. The Labute approximate surface area is 186 Å². The first-order valence-electron chi connectivity index (χ1n) is 9.26. The van der Waals surface area contributed by atoms with Crippen LogP contribution in [0.2, 0.25) is 0 Å². The molecule has 0 saturated carbocycles. The SMILES string of the molecule is CCNC(=NCC(=O)Nc1cccnc1)NC1CCN(c2ncccc2F)C1.I. The fourth-order valence-corrected chi connectivity index (χ4v) is 2.98. The van der Waals surface area contributed by atoms with E-state index in [2.05, 4.69) is 30.9 Å². The largest absolute Gasteiger partial charge is 0.357 e. The van der Waals surface area contributed by atoms with E-state index in [1.165, 1.54) is 6.07 Å². The zero-order chi connectivity index (χ0) is 19.8. The normalized spacial score (nSPS) is 16.1. The molecule has 2 aromatic heterocycles. The van der Waals surface area contributed by atoms with Gasteiger partial charge in [-0.3, -0.25) is 9.78 Å². The summed E-state index contributed by atoms with van der Waals surface area (Å²) in [6.45, 7) is 3.92. The van der Waals surface area contributed by atoms with Crippen molar-refractivity contribution in [1.82, 2.24) is 20.6 Å². The molecule has 0 bridgehead atoms. The molecule has 1 amide bonds. The fourth-order valence-electron chi connectivity index (χ4n) is 2.98. The quantitative estimate of drug-likeness (QED) is 0.311. The molecule has 1 aliphatic rings. The molecule has 1 saturated heterocycles. The number of carbonyl (C=O) groups excluding carboxylic acids is 1. The molecule has 1 fully saturated rings. The summed E-state index contributed by atoms with van der Waals surface area (Å²) in [4.78, 5) is 26.4. The van der Waals surface area contributed by atoms with Gasteiger partial charge in [-0.1, -0.05) is 0 Å². The maximum absolute atomic E-state index is 13.9. The van der Waals surface area contributed by atoms with Crippen LogP contribution in [0.4, 0.5) is 15.9 Å². The summed E-state index contributed by atoms with van der Waals surface area (Å²) >= 11 is 0. The number of hydrogen-bond acceptors (Lipinski definition) is 5. The lowest BCUT2D eigenvalue weighted by molar-refractivity contribution is -0.114. The first-order valence-corrected chi connectivity index (χ1v) is 9.26. The molecule has 3 N–H and O–H groups in total. The van der Waals surface area contributed by atoms with Crippen molar-refractivity contribution in [3.63, 3.8) is 0 Å². The lowest BCUT2D eigenvalue weighted by Gasteiger charge is -2.19. The van der Waals surface area contributed by atoms with Gasteiger partial charge in [0.05, 0.1) is 11.9 Å². The molecule has 1 unspecified atom stereocenters. The number of aromatic nitrogens is 2. The molecule has 0 aliphatic carbocycles. The van der Waals surface area contributed by atoms with Crippen LogP contribution in [0.25, 0.3) is 0 Å². The van der Waals surface area contributed by atoms with E-state index in [1.54, 1.807) is 36.8 Å². The van der Waals surface area contributed by atoms with Crippen molar-refractivity contribution < 1.29 is 9.18 Å². The highest BCUT2D eigenvalue weighted by Crippen LogP contribution is 2.20. The van der Waals surface area contributed by atoms with Crippen molar-refractivity contribution in [1.29, 1.82) is 0 Å². The Morgan fingerprint density at radius 1 is 1.34 bits per heavy atom. The van der Waals surface area contributed by atoms with Crippen LogP contribution in [0.3, 0.4) is 0 Å². The second kappa shape index (κ2) is 11.5. The van der Waals surface area contributed by atoms with E-state index in [1.807, 2.05) is 11.8 Å². The Hall–Kier alpha value is -2.50. The van der Waals surface area contributed by atoms with Crippen LogP contribution >= 0.6 is 24.0 Å². The predicted octanol–water partition coefficient (Wildman–Crippen LogP) is 2.01. The number of amides is 1. The number of guanidine groups is 1. The van der Waals surface area contributed by atoms with Crippen molar-refractivity contribution in [2.24, 2.45) is 4.99 Å². The Balaban J connectivity index is 0.00000300. The first-order chi connectivity index (χ1) is 13.7. The van der Waals surface area contributed by atoms with Crippen LogP contribution in [0, 0.1) is 5.82 Å². The Bertz CT molecular complexity index is 821. The highest BCUT2D eigenvalue weighted by atomic mass is 127. The van der Waals surface area contributed by atoms with Gasteiger partial charge in [0, 0.05) is 38.1 Å². The lowest BCUT2D eigenvalue weighted by Crippen LogP contribution is -2.45. The molecule has 0 radical (unpaired) electrons. The maximum atomic E-state index is 13.9. The number of halogens is 2. The van der Waals surface area contributed by atoms with Crippen LogP contribution in [-0.4, -0.2) is 54.1 Å². The molecule has 1 atom stereocenters. The van der Waals surface area contributed by atoms with Gasteiger partial charge in [0.15, 0.2) is 17.6 Å². The Morgan fingerprint density at radius 3 is 2.90 bits per heavy atom. The van der Waals surface area contributed by atoms with E-state index >= 15 is 0 Å². The summed E-state index contributed by atoms with van der Waals surface area (Å²) in [6.07, 6.45) is 5.63. The summed E-state index contributed by atoms with van der Waals surface area (Å²) in [6, 6.07) is 6.59. The average molecular weight is 513 g/mol. The highest BCUT2D eigenvalue weighted by molar-refractivity contribution is 14.0. The molecule has 3 rings (SSSR count). The third-order valence-electron chi connectivity index (χ3n) is 4.24. The molecule has 2 aromatic rings. The molecule has 3 heterocycles. The van der Waals surface area contributed by atoms with Crippen molar-refractivity contribution in [3.8, 4) is 0 Å². The van der Waals surface area contributed by atoms with Crippen LogP contribution in [0.5, 0.6) is 0 Å². The number of rotatable bonds is 6. The van der Waals surface area contributed by atoms with Crippen LogP contribution in [0.1, 0.15) is 13.3 Å². The second-order valence-corrected chi connectivity index (χ2v) is 6.37. The lowest BCUT2D eigenvalue weighted by atomic mass is 10.3. The zero-order valence-corrected chi connectivity index (χ0v) is 18.5. The molecule has 8 nitrogen and oxygen atoms in total. The second-order valence-electron chi connectivity index (χ2n) is 6.37. The van der Waals surface area contributed by atoms with Crippen LogP contribution in [-0.2, 0) is 4.79 Å². The van der Waals surface area contributed by atoms with Gasteiger partial charge in [0.1, 0.15) is 6.54 Å². The standard InChI is InChI=1S/C19H24FN7O.HI/c1-2-22-19(24-12-17(28)25-14-5-3-8-21-11-14)26-15-7-10-27(13-15)18-16(20)6-4-9-23-18;/h3-6,8-9,11,15H,2,7,10,12-13H2,1H3,(H,25,28)(H2,22,24,26);1H. The number of pyridine rings is 2. The van der Waals surface area contributed by atoms with Gasteiger partial charge in [0.2, 0.25) is 5.91 Å². The predicted molar refractivity (Wildman–Crippen MR) is 122 cm³/mol. The number of nitrogens with one attached hydrogen (secondary N) is 3. The van der Waals surface area contributed by atoms with Gasteiger partial charge in [-0.2, -0.15) is 0 Å². The Kier molecular flexibility index (Phi) is 9.03. The summed E-state index contributed by atoms with van der Waals surface area (Å²) in [5.74, 6) is 0.367. The summed E-state index contributed by atoms with van der Waals surface area (Å²) in [7, 11) is 0. The molecular formula is C19H25FIN7O. The van der Waals surface area contributed by atoms with E-state index < -0.39 is 0 Å². The minimum atomic E-state index is -0.323. The fraction of sp³-hybridized carbons (Fsp3) is 0.368. The van der Waals surface area contributed by atoms with Gasteiger partial charge >= 0.3 is 0 Å². The van der Waals surface area contributed by atoms with E-state index in [0.29, 0.717) is 37.1 Å². The van der Waals surface area contributed by atoms with Crippen molar-refractivity contribution in [3.05, 3.63) is 48.7 Å². The highest BCUT2D eigenvalue weighted by Gasteiger charge is 2.25. The molecule has 29 heavy (non-hydrogen) atoms. The minimum absolute atomic E-state index is 0. The average Bonchev–Trinajstić information content (AvgIpc) is 3.16. The molecule has 10 heteroatoms. The Morgan fingerprint density at radius 2 is 2.17 bits per heavy atom. The first kappa shape index (κ1) is 22.8. The number of aliphatic imine (C=N–C) groups is 1. The van der Waals surface area contributed by atoms with E-state index in [0.717, 1.165) is 6.42 Å². The van der Waals surface area contributed by atoms with Gasteiger partial charge in [-0.15, -0.1) is 24.0 Å². The monoisotopic (exact) mass is 513 g/mol. The topological polar surface area (TPSA) is 94.5 Å². The third-order valence-corrected chi connectivity index (χ3v) is 4.24. The third kappa shape index (κ3) is 6.80. The molecule has 156 valence electrons. The molecular weight excluding hydrogens is 488 g/mol. The van der Waals surface area contributed by atoms with Crippen molar-refractivity contribution in [2.75, 3.05) is 36.4 Å². The van der Waals surface area contributed by atoms with E-state index in [4.69, 9.17) is 0 Å². The minimum Gasteiger partial charge on any atom is -0.357 e. The summed E-state index contributed by atoms with van der Waals surface area (Å²) < 4.78 is 13.9. The van der Waals surface area contributed by atoms with Gasteiger partial charge in [-0.05, 0) is 37.6 Å². The van der Waals surface area contributed by atoms with Crippen LogP contribution in [0.15, 0.2) is 47.8 Å². The van der Waals surface area contributed by atoms with Crippen LogP contribution < -0.4 is 20.9 Å². The van der Waals surface area contributed by atoms with Crippen molar-refractivity contribution >= 4 is 47.3 Å². The van der Waals surface area contributed by atoms with Gasteiger partial charge < -0.3 is 20.9 Å². The molecule has 0 aromatic carbocycles. The summed E-state index contributed by atoms with van der Waals surface area (Å²) in [5, 5.41) is 9.19. The van der Waals surface area contributed by atoms with Gasteiger partial charge in [-0.25, -0.2) is 14.4 Å². The van der Waals surface area contributed by atoms with E-state index in [9.17, 15) is 9.18 Å². The maximum Gasteiger partial charge on any atom is 0.246 e. The summed E-state index contributed by atoms with van der Waals surface area (Å²) in [5.41, 5.74) is 0.629. The number of carbonyl (C=O) groups is 1. The van der Waals surface area contributed by atoms with Gasteiger partial charge in [0.25, 0.3) is 0 Å². The number of nitrogens with zero attached hydrogens (tertiary/aromatic N) is 4. The number of hydrogen-bond donors (Lipinski definition) is 3. The number of anilines is 2. The van der Waals surface area contributed by atoms with E-state index in [-0.39, 0.29) is 48.3 Å². The molecule has 1 aliphatic heterocycles. The van der Waals surface area contributed by atoms with Crippen molar-refractivity contribution in [2.45, 2.75) is 19.4 Å².